The van der Waals surface area contributed by atoms with Crippen molar-refractivity contribution in [1.82, 2.24) is 0 Å². The van der Waals surface area contributed by atoms with Crippen molar-refractivity contribution in [1.29, 1.82) is 0 Å². The molecular formula is C15H16ClN3O2. The first-order valence-corrected chi connectivity index (χ1v) is 7.03. The standard InChI is InChI=1S/C15H16ClN3O2/c1-2-10-17-13-4-3-5-14(15(13)19(20)21)18-12-8-6-11(16)7-9-12/h3-9,17-18H,2,10H2,1H3. The zero-order valence-corrected chi connectivity index (χ0v) is 12.4. The lowest BCUT2D eigenvalue weighted by molar-refractivity contribution is -0.383. The molecule has 0 aromatic heterocycles. The quantitative estimate of drug-likeness (QED) is 0.593. The van der Waals surface area contributed by atoms with Gasteiger partial charge in [-0.15, -0.1) is 0 Å². The van der Waals surface area contributed by atoms with Crippen LogP contribution in [0.25, 0.3) is 0 Å². The summed E-state index contributed by atoms with van der Waals surface area (Å²) in [6, 6.07) is 12.2. The number of benzene rings is 2. The molecule has 6 heteroatoms. The van der Waals surface area contributed by atoms with Crippen molar-refractivity contribution >= 4 is 34.4 Å². The van der Waals surface area contributed by atoms with Gasteiger partial charge in [0.2, 0.25) is 0 Å². The zero-order chi connectivity index (χ0) is 15.2. The normalized spacial score (nSPS) is 10.2. The molecule has 5 nitrogen and oxygen atoms in total. The average Bonchev–Trinajstić information content (AvgIpc) is 2.47. The molecular weight excluding hydrogens is 290 g/mol. The van der Waals surface area contributed by atoms with Gasteiger partial charge in [0.15, 0.2) is 0 Å². The first-order chi connectivity index (χ1) is 10.1. The highest BCUT2D eigenvalue weighted by Crippen LogP contribution is 2.34. The molecule has 2 N–H and O–H groups in total. The van der Waals surface area contributed by atoms with Gasteiger partial charge in [-0.3, -0.25) is 10.1 Å². The third-order valence-corrected chi connectivity index (χ3v) is 3.16. The highest BCUT2D eigenvalue weighted by molar-refractivity contribution is 6.30. The Morgan fingerprint density at radius 3 is 2.43 bits per heavy atom. The van der Waals surface area contributed by atoms with Crippen LogP contribution in [0.4, 0.5) is 22.7 Å². The number of halogens is 1. The second-order valence-corrected chi connectivity index (χ2v) is 4.95. The van der Waals surface area contributed by atoms with Gasteiger partial charge in [0.05, 0.1) is 4.92 Å². The van der Waals surface area contributed by atoms with Crippen molar-refractivity contribution in [2.24, 2.45) is 0 Å². The Morgan fingerprint density at radius 2 is 1.81 bits per heavy atom. The highest BCUT2D eigenvalue weighted by Gasteiger charge is 2.19. The van der Waals surface area contributed by atoms with Gasteiger partial charge in [0.1, 0.15) is 11.4 Å². The molecule has 0 aliphatic heterocycles. The molecule has 0 bridgehead atoms. The number of para-hydroxylation sites is 1. The molecule has 0 spiro atoms. The molecule has 21 heavy (non-hydrogen) atoms. The van der Waals surface area contributed by atoms with Gasteiger partial charge in [-0.2, -0.15) is 0 Å². The van der Waals surface area contributed by atoms with Crippen LogP contribution in [0.15, 0.2) is 42.5 Å². The highest BCUT2D eigenvalue weighted by atomic mass is 35.5. The smallest absolute Gasteiger partial charge is 0.315 e. The molecule has 110 valence electrons. The minimum absolute atomic E-state index is 0.0425. The third-order valence-electron chi connectivity index (χ3n) is 2.91. The fraction of sp³-hybridized carbons (Fsp3) is 0.200. The van der Waals surface area contributed by atoms with Crippen molar-refractivity contribution in [3.63, 3.8) is 0 Å². The van der Waals surface area contributed by atoms with Crippen LogP contribution < -0.4 is 10.6 Å². The van der Waals surface area contributed by atoms with Gasteiger partial charge in [0, 0.05) is 17.3 Å². The van der Waals surface area contributed by atoms with E-state index in [9.17, 15) is 10.1 Å². The lowest BCUT2D eigenvalue weighted by Gasteiger charge is -2.11. The number of anilines is 3. The lowest BCUT2D eigenvalue weighted by atomic mass is 10.2. The summed E-state index contributed by atoms with van der Waals surface area (Å²) in [7, 11) is 0. The van der Waals surface area contributed by atoms with E-state index in [4.69, 9.17) is 11.6 Å². The molecule has 0 unspecified atom stereocenters. The van der Waals surface area contributed by atoms with Crippen LogP contribution in [0.1, 0.15) is 13.3 Å². The molecule has 2 rings (SSSR count). The maximum Gasteiger partial charge on any atom is 0.315 e. The topological polar surface area (TPSA) is 67.2 Å². The Bertz CT molecular complexity index is 629. The molecule has 0 saturated carbocycles. The van der Waals surface area contributed by atoms with Gasteiger partial charge >= 0.3 is 5.69 Å². The minimum atomic E-state index is -0.379. The van der Waals surface area contributed by atoms with Crippen molar-refractivity contribution in [2.75, 3.05) is 17.2 Å². The number of nitrogens with zero attached hydrogens (tertiary/aromatic N) is 1. The molecule has 0 aliphatic rings. The Kier molecular flexibility index (Phi) is 5.00. The zero-order valence-electron chi connectivity index (χ0n) is 11.6. The van der Waals surface area contributed by atoms with Crippen LogP contribution in [-0.2, 0) is 0 Å². The van der Waals surface area contributed by atoms with Crippen LogP contribution in [0.3, 0.4) is 0 Å². The van der Waals surface area contributed by atoms with Crippen LogP contribution in [0.5, 0.6) is 0 Å². The molecule has 2 aromatic carbocycles. The molecule has 0 atom stereocenters. The van der Waals surface area contributed by atoms with Crippen LogP contribution in [-0.4, -0.2) is 11.5 Å². The van der Waals surface area contributed by atoms with E-state index in [-0.39, 0.29) is 10.6 Å². The van der Waals surface area contributed by atoms with Gasteiger partial charge < -0.3 is 10.6 Å². The molecule has 0 aliphatic carbocycles. The number of hydrogen-bond donors (Lipinski definition) is 2. The van der Waals surface area contributed by atoms with Crippen molar-refractivity contribution in [3.8, 4) is 0 Å². The summed E-state index contributed by atoms with van der Waals surface area (Å²) in [5.41, 5.74) is 1.75. The third kappa shape index (κ3) is 3.86. The Hall–Kier alpha value is -2.27. The summed E-state index contributed by atoms with van der Waals surface area (Å²) in [5, 5.41) is 18.1. The van der Waals surface area contributed by atoms with E-state index in [1.165, 1.54) is 0 Å². The van der Waals surface area contributed by atoms with Crippen molar-refractivity contribution < 1.29 is 4.92 Å². The molecule has 0 saturated heterocycles. The Morgan fingerprint density at radius 1 is 1.14 bits per heavy atom. The first-order valence-electron chi connectivity index (χ1n) is 6.65. The maximum atomic E-state index is 11.4. The van der Waals surface area contributed by atoms with Gasteiger partial charge in [0.25, 0.3) is 0 Å². The molecule has 0 heterocycles. The summed E-state index contributed by atoms with van der Waals surface area (Å²) >= 11 is 5.83. The maximum absolute atomic E-state index is 11.4. The van der Waals surface area contributed by atoms with Crippen molar-refractivity contribution in [3.05, 3.63) is 57.6 Å². The van der Waals surface area contributed by atoms with Crippen molar-refractivity contribution in [2.45, 2.75) is 13.3 Å². The lowest BCUT2D eigenvalue weighted by Crippen LogP contribution is -2.05. The van der Waals surface area contributed by atoms with Crippen LogP contribution in [0, 0.1) is 10.1 Å². The van der Waals surface area contributed by atoms with E-state index in [0.29, 0.717) is 22.9 Å². The fourth-order valence-electron chi connectivity index (χ4n) is 1.93. The van der Waals surface area contributed by atoms with E-state index in [0.717, 1.165) is 12.1 Å². The Labute approximate surface area is 128 Å². The Balaban J connectivity index is 2.33. The average molecular weight is 306 g/mol. The van der Waals surface area contributed by atoms with E-state index in [2.05, 4.69) is 10.6 Å². The summed E-state index contributed by atoms with van der Waals surface area (Å²) in [6.07, 6.45) is 0.895. The van der Waals surface area contributed by atoms with Gasteiger partial charge in [-0.05, 0) is 42.8 Å². The van der Waals surface area contributed by atoms with Crippen LogP contribution in [0.2, 0.25) is 5.02 Å². The van der Waals surface area contributed by atoms with E-state index in [1.54, 1.807) is 42.5 Å². The predicted octanol–water partition coefficient (Wildman–Crippen LogP) is 4.81. The fourth-order valence-corrected chi connectivity index (χ4v) is 2.06. The van der Waals surface area contributed by atoms with E-state index >= 15 is 0 Å². The van der Waals surface area contributed by atoms with E-state index in [1.807, 2.05) is 6.92 Å². The molecule has 0 fully saturated rings. The summed E-state index contributed by atoms with van der Waals surface area (Å²) < 4.78 is 0. The van der Waals surface area contributed by atoms with E-state index < -0.39 is 0 Å². The van der Waals surface area contributed by atoms with Gasteiger partial charge in [-0.1, -0.05) is 24.6 Å². The summed E-state index contributed by atoms with van der Waals surface area (Å²) in [4.78, 5) is 11.0. The number of nitro benzene ring substituents is 1. The first kappa shape index (κ1) is 15.1. The minimum Gasteiger partial charge on any atom is -0.379 e. The molecule has 0 amide bonds. The molecule has 0 radical (unpaired) electrons. The largest absolute Gasteiger partial charge is 0.379 e. The number of nitro groups is 1. The second kappa shape index (κ2) is 6.95. The molecule has 2 aromatic rings. The number of rotatable bonds is 6. The SMILES string of the molecule is CCCNc1cccc(Nc2ccc(Cl)cc2)c1[N+](=O)[O-]. The van der Waals surface area contributed by atoms with Crippen LogP contribution >= 0.6 is 11.6 Å². The second-order valence-electron chi connectivity index (χ2n) is 4.52. The predicted molar refractivity (Wildman–Crippen MR) is 86.6 cm³/mol. The van der Waals surface area contributed by atoms with Gasteiger partial charge in [-0.25, -0.2) is 0 Å². The number of hydrogen-bond acceptors (Lipinski definition) is 4. The number of nitrogens with one attached hydrogen (secondary N) is 2. The monoisotopic (exact) mass is 305 g/mol. The summed E-state index contributed by atoms with van der Waals surface area (Å²) in [5.74, 6) is 0. The summed E-state index contributed by atoms with van der Waals surface area (Å²) in [6.45, 7) is 2.69.